The number of halogens is 1. The van der Waals surface area contributed by atoms with E-state index in [-0.39, 0.29) is 24.3 Å². The molecule has 1 spiro atoms. The number of pyridine rings is 1. The standard InChI is InChI=1S/C35H43FN2O3/c1-24(2)41-32(39)22-31-25(3)37-26(4)33(34(31)38-20-7-19-35(23-38)17-5-6-18-35)28-10-14-30(15-11-28)40-21-16-27-8-12-29(36)13-9-27/h8-15,24H,5-7,16-23H2,1-4H3. The molecule has 1 aromatic heterocycles. The quantitative estimate of drug-likeness (QED) is 0.251. The highest BCUT2D eigenvalue weighted by atomic mass is 19.1. The van der Waals surface area contributed by atoms with Crippen molar-refractivity contribution in [3.63, 3.8) is 0 Å². The third-order valence-corrected chi connectivity index (χ3v) is 8.70. The molecule has 0 atom stereocenters. The molecule has 0 radical (unpaired) electrons. The highest BCUT2D eigenvalue weighted by molar-refractivity contribution is 5.87. The molecule has 0 bridgehead atoms. The third-order valence-electron chi connectivity index (χ3n) is 8.70. The third kappa shape index (κ3) is 6.91. The van der Waals surface area contributed by atoms with Crippen LogP contribution in [0.3, 0.4) is 0 Å². The monoisotopic (exact) mass is 558 g/mol. The van der Waals surface area contributed by atoms with E-state index in [4.69, 9.17) is 14.5 Å². The molecule has 2 aromatic carbocycles. The Morgan fingerprint density at radius 3 is 2.34 bits per heavy atom. The van der Waals surface area contributed by atoms with Gasteiger partial charge in [0.1, 0.15) is 11.6 Å². The number of anilines is 1. The van der Waals surface area contributed by atoms with E-state index in [0.717, 1.165) is 64.6 Å². The normalized spacial score (nSPS) is 16.4. The minimum absolute atomic E-state index is 0.156. The lowest BCUT2D eigenvalue weighted by Gasteiger charge is -2.43. The molecule has 218 valence electrons. The van der Waals surface area contributed by atoms with Crippen LogP contribution >= 0.6 is 0 Å². The van der Waals surface area contributed by atoms with Crippen LogP contribution in [0.15, 0.2) is 48.5 Å². The summed E-state index contributed by atoms with van der Waals surface area (Å²) in [6.45, 7) is 10.4. The molecule has 1 saturated heterocycles. The van der Waals surface area contributed by atoms with Crippen LogP contribution < -0.4 is 9.64 Å². The van der Waals surface area contributed by atoms with Gasteiger partial charge in [0, 0.05) is 42.0 Å². The number of carbonyl (C=O) groups is 1. The SMILES string of the molecule is Cc1nc(C)c(-c2ccc(OCCc3ccc(F)cc3)cc2)c(N2CCCC3(CCCC3)C2)c1CC(=O)OC(C)C. The molecule has 0 amide bonds. The van der Waals surface area contributed by atoms with Crippen LogP contribution in [-0.4, -0.2) is 36.8 Å². The molecule has 2 aliphatic rings. The molecule has 5 nitrogen and oxygen atoms in total. The number of rotatable bonds is 9. The van der Waals surface area contributed by atoms with Gasteiger partial charge < -0.3 is 14.4 Å². The second-order valence-electron chi connectivity index (χ2n) is 12.2. The Morgan fingerprint density at radius 2 is 1.66 bits per heavy atom. The molecular formula is C35H43FN2O3. The second kappa shape index (κ2) is 12.6. The molecular weight excluding hydrogens is 515 g/mol. The van der Waals surface area contributed by atoms with Crippen LogP contribution in [0.1, 0.15) is 74.9 Å². The van der Waals surface area contributed by atoms with Gasteiger partial charge in [0.05, 0.1) is 24.8 Å². The minimum atomic E-state index is -0.228. The highest BCUT2D eigenvalue weighted by Crippen LogP contribution is 2.48. The second-order valence-corrected chi connectivity index (χ2v) is 12.2. The maximum absolute atomic E-state index is 13.2. The first-order chi connectivity index (χ1) is 19.7. The topological polar surface area (TPSA) is 51.7 Å². The van der Waals surface area contributed by atoms with E-state index in [1.807, 2.05) is 32.9 Å². The summed E-state index contributed by atoms with van der Waals surface area (Å²) in [5, 5.41) is 0. The summed E-state index contributed by atoms with van der Waals surface area (Å²) in [5.74, 6) is 0.352. The maximum atomic E-state index is 13.2. The predicted molar refractivity (Wildman–Crippen MR) is 162 cm³/mol. The number of ether oxygens (including phenoxy) is 2. The Hall–Kier alpha value is -3.41. The fourth-order valence-electron chi connectivity index (χ4n) is 6.81. The molecule has 1 aliphatic carbocycles. The van der Waals surface area contributed by atoms with Crippen LogP contribution in [-0.2, 0) is 22.4 Å². The van der Waals surface area contributed by atoms with Gasteiger partial charge in [-0.25, -0.2) is 4.39 Å². The zero-order chi connectivity index (χ0) is 29.0. The lowest BCUT2D eigenvalue weighted by Crippen LogP contribution is -2.43. The number of nitrogens with zero attached hydrogens (tertiary/aromatic N) is 2. The van der Waals surface area contributed by atoms with Crippen molar-refractivity contribution in [2.45, 2.75) is 85.2 Å². The maximum Gasteiger partial charge on any atom is 0.310 e. The van der Waals surface area contributed by atoms with Crippen LogP contribution in [0, 0.1) is 25.1 Å². The summed E-state index contributed by atoms with van der Waals surface area (Å²) >= 11 is 0. The number of aromatic nitrogens is 1. The van der Waals surface area contributed by atoms with Gasteiger partial charge in [0.25, 0.3) is 0 Å². The fourth-order valence-corrected chi connectivity index (χ4v) is 6.81. The van der Waals surface area contributed by atoms with E-state index >= 15 is 0 Å². The highest BCUT2D eigenvalue weighted by Gasteiger charge is 2.39. The van der Waals surface area contributed by atoms with Crippen molar-refractivity contribution in [3.05, 3.63) is 76.9 Å². The van der Waals surface area contributed by atoms with Crippen molar-refractivity contribution in [2.75, 3.05) is 24.6 Å². The summed E-state index contributed by atoms with van der Waals surface area (Å²) in [4.78, 5) is 20.5. The van der Waals surface area contributed by atoms with E-state index in [9.17, 15) is 9.18 Å². The first kappa shape index (κ1) is 29.1. The molecule has 2 fully saturated rings. The van der Waals surface area contributed by atoms with Gasteiger partial charge in [0.15, 0.2) is 0 Å². The van der Waals surface area contributed by atoms with Gasteiger partial charge >= 0.3 is 5.97 Å². The number of carbonyl (C=O) groups excluding carboxylic acids is 1. The molecule has 0 N–H and O–H groups in total. The summed E-state index contributed by atoms with van der Waals surface area (Å²) in [6.07, 6.45) is 8.42. The zero-order valence-electron chi connectivity index (χ0n) is 25.0. The molecule has 0 unspecified atom stereocenters. The van der Waals surface area contributed by atoms with Crippen LogP contribution in [0.2, 0.25) is 0 Å². The molecule has 3 aromatic rings. The number of hydrogen-bond acceptors (Lipinski definition) is 5. The van der Waals surface area contributed by atoms with E-state index in [1.54, 1.807) is 12.1 Å². The molecule has 1 aliphatic heterocycles. The number of hydrogen-bond donors (Lipinski definition) is 0. The van der Waals surface area contributed by atoms with Crippen molar-refractivity contribution < 1.29 is 18.7 Å². The number of esters is 1. The molecule has 1 saturated carbocycles. The summed E-state index contributed by atoms with van der Waals surface area (Å²) in [7, 11) is 0. The zero-order valence-corrected chi connectivity index (χ0v) is 25.0. The summed E-state index contributed by atoms with van der Waals surface area (Å²) < 4.78 is 24.8. The van der Waals surface area contributed by atoms with E-state index < -0.39 is 0 Å². The van der Waals surface area contributed by atoms with Crippen molar-refractivity contribution in [2.24, 2.45) is 5.41 Å². The number of piperidine rings is 1. The van der Waals surface area contributed by atoms with E-state index in [0.29, 0.717) is 18.4 Å². The largest absolute Gasteiger partial charge is 0.493 e. The predicted octanol–water partition coefficient (Wildman–Crippen LogP) is 7.78. The minimum Gasteiger partial charge on any atom is -0.493 e. The van der Waals surface area contributed by atoms with Crippen molar-refractivity contribution in [3.8, 4) is 16.9 Å². The van der Waals surface area contributed by atoms with Crippen LogP contribution in [0.25, 0.3) is 11.1 Å². The molecule has 6 heteroatoms. The smallest absolute Gasteiger partial charge is 0.310 e. The summed E-state index contributed by atoms with van der Waals surface area (Å²) in [5.41, 5.74) is 7.56. The lowest BCUT2D eigenvalue weighted by atomic mass is 9.78. The Labute approximate surface area is 244 Å². The van der Waals surface area contributed by atoms with Gasteiger partial charge in [-0.05, 0) is 94.2 Å². The van der Waals surface area contributed by atoms with Crippen LogP contribution in [0.4, 0.5) is 10.1 Å². The number of benzene rings is 2. The molecule has 5 rings (SSSR count). The Kier molecular flexibility index (Phi) is 8.96. The van der Waals surface area contributed by atoms with Crippen molar-refractivity contribution in [1.82, 2.24) is 4.98 Å². The summed E-state index contributed by atoms with van der Waals surface area (Å²) in [6, 6.07) is 14.8. The van der Waals surface area contributed by atoms with E-state index in [1.165, 1.54) is 44.2 Å². The number of aryl methyl sites for hydroxylation is 2. The van der Waals surface area contributed by atoms with Gasteiger partial charge in [0.2, 0.25) is 0 Å². The van der Waals surface area contributed by atoms with Gasteiger partial charge in [-0.1, -0.05) is 37.1 Å². The van der Waals surface area contributed by atoms with E-state index in [2.05, 4.69) is 24.0 Å². The van der Waals surface area contributed by atoms with Gasteiger partial charge in [-0.2, -0.15) is 0 Å². The van der Waals surface area contributed by atoms with Crippen molar-refractivity contribution in [1.29, 1.82) is 0 Å². The molecule has 2 heterocycles. The fraction of sp³-hybridized carbons (Fsp3) is 0.486. The van der Waals surface area contributed by atoms with Crippen LogP contribution in [0.5, 0.6) is 5.75 Å². The van der Waals surface area contributed by atoms with Crippen molar-refractivity contribution >= 4 is 11.7 Å². The first-order valence-electron chi connectivity index (χ1n) is 15.2. The Morgan fingerprint density at radius 1 is 0.976 bits per heavy atom. The Balaban J connectivity index is 1.45. The Bertz CT molecular complexity index is 1350. The molecule has 41 heavy (non-hydrogen) atoms. The van der Waals surface area contributed by atoms with Gasteiger partial charge in [-0.3, -0.25) is 9.78 Å². The first-order valence-corrected chi connectivity index (χ1v) is 15.2. The lowest BCUT2D eigenvalue weighted by molar-refractivity contribution is -0.146. The average molecular weight is 559 g/mol. The van der Waals surface area contributed by atoms with Gasteiger partial charge in [-0.15, -0.1) is 0 Å². The average Bonchev–Trinajstić information content (AvgIpc) is 3.38.